The van der Waals surface area contributed by atoms with Crippen molar-refractivity contribution in [2.75, 3.05) is 12.4 Å². The average Bonchev–Trinajstić information content (AvgIpc) is 2.67. The van der Waals surface area contributed by atoms with Crippen molar-refractivity contribution < 1.29 is 22.7 Å². The van der Waals surface area contributed by atoms with Gasteiger partial charge in [-0.1, -0.05) is 0 Å². The molecule has 0 aromatic carbocycles. The maximum absolute atomic E-state index is 13.6. The molecular formula is C17H14F3N5O2. The first-order chi connectivity index (χ1) is 12.8. The standard InChI is InChI=1S/C17H14F3N5O2/c1-16(15(26)27-2,17(18,19)20)25-14-11-5-8-22-9-12(11)23-13(24-14)10-3-6-21-7-4-10/h3-9H,1-2H3,(H,23,24,25). The zero-order chi connectivity index (χ0) is 19.7. The minimum Gasteiger partial charge on any atom is -0.467 e. The summed E-state index contributed by atoms with van der Waals surface area (Å²) in [7, 11) is 0.887. The van der Waals surface area contributed by atoms with Gasteiger partial charge in [-0.3, -0.25) is 9.97 Å². The number of hydrogen-bond donors (Lipinski definition) is 1. The summed E-state index contributed by atoms with van der Waals surface area (Å²) >= 11 is 0. The quantitative estimate of drug-likeness (QED) is 0.699. The second kappa shape index (κ2) is 6.78. The molecule has 27 heavy (non-hydrogen) atoms. The van der Waals surface area contributed by atoms with Crippen molar-refractivity contribution in [3.63, 3.8) is 0 Å². The monoisotopic (exact) mass is 377 g/mol. The number of pyridine rings is 2. The molecule has 0 amide bonds. The van der Waals surface area contributed by atoms with Gasteiger partial charge in [0.15, 0.2) is 5.82 Å². The highest BCUT2D eigenvalue weighted by Gasteiger charge is 2.58. The third kappa shape index (κ3) is 3.37. The van der Waals surface area contributed by atoms with E-state index in [1.165, 1.54) is 30.9 Å². The molecule has 1 atom stereocenters. The third-order valence-corrected chi connectivity index (χ3v) is 3.97. The Labute approximate surface area is 151 Å². The van der Waals surface area contributed by atoms with Crippen LogP contribution in [0.4, 0.5) is 19.0 Å². The molecule has 10 heteroatoms. The topological polar surface area (TPSA) is 89.9 Å². The Morgan fingerprint density at radius 1 is 1.07 bits per heavy atom. The molecule has 3 aromatic rings. The molecule has 0 saturated heterocycles. The van der Waals surface area contributed by atoms with Gasteiger partial charge in [-0.25, -0.2) is 14.8 Å². The molecule has 0 aliphatic heterocycles. The van der Waals surface area contributed by atoms with Crippen LogP contribution in [-0.4, -0.2) is 44.7 Å². The molecule has 7 nitrogen and oxygen atoms in total. The molecule has 0 spiro atoms. The van der Waals surface area contributed by atoms with E-state index in [2.05, 4.69) is 30.0 Å². The highest BCUT2D eigenvalue weighted by atomic mass is 19.4. The molecule has 140 valence electrons. The molecule has 0 saturated carbocycles. The number of fused-ring (bicyclic) bond motifs is 1. The van der Waals surface area contributed by atoms with Gasteiger partial charge < -0.3 is 10.1 Å². The molecule has 1 unspecified atom stereocenters. The second-order valence-electron chi connectivity index (χ2n) is 5.76. The predicted octanol–water partition coefficient (Wildman–Crippen LogP) is 2.99. The van der Waals surface area contributed by atoms with Crippen LogP contribution < -0.4 is 5.32 Å². The van der Waals surface area contributed by atoms with Gasteiger partial charge in [0.05, 0.1) is 18.8 Å². The van der Waals surface area contributed by atoms with Gasteiger partial charge >= 0.3 is 12.1 Å². The normalized spacial score (nSPS) is 13.8. The summed E-state index contributed by atoms with van der Waals surface area (Å²) in [6.07, 6.45) is 0.879. The second-order valence-corrected chi connectivity index (χ2v) is 5.76. The fourth-order valence-electron chi connectivity index (χ4n) is 2.38. The van der Waals surface area contributed by atoms with Gasteiger partial charge in [0.2, 0.25) is 5.54 Å². The number of esters is 1. The van der Waals surface area contributed by atoms with E-state index in [9.17, 15) is 18.0 Å². The lowest BCUT2D eigenvalue weighted by Gasteiger charge is -2.30. The van der Waals surface area contributed by atoms with E-state index in [0.717, 1.165) is 7.11 Å². The minimum absolute atomic E-state index is 0.162. The molecular weight excluding hydrogens is 363 g/mol. The number of aromatic nitrogens is 4. The molecule has 0 aliphatic carbocycles. The van der Waals surface area contributed by atoms with E-state index in [0.29, 0.717) is 18.0 Å². The number of carbonyl (C=O) groups is 1. The van der Waals surface area contributed by atoms with Crippen molar-refractivity contribution in [1.82, 2.24) is 19.9 Å². The van der Waals surface area contributed by atoms with Crippen molar-refractivity contribution in [2.45, 2.75) is 18.6 Å². The van der Waals surface area contributed by atoms with E-state index in [1.807, 2.05) is 0 Å². The van der Waals surface area contributed by atoms with Crippen LogP contribution in [0.15, 0.2) is 43.0 Å². The van der Waals surface area contributed by atoms with Gasteiger partial charge in [0.1, 0.15) is 5.82 Å². The molecule has 3 heterocycles. The summed E-state index contributed by atoms with van der Waals surface area (Å²) < 4.78 is 45.2. The highest BCUT2D eigenvalue weighted by Crippen LogP contribution is 2.36. The zero-order valence-corrected chi connectivity index (χ0v) is 14.3. The Kier molecular flexibility index (Phi) is 4.64. The van der Waals surface area contributed by atoms with Crippen LogP contribution in [0, 0.1) is 0 Å². The van der Waals surface area contributed by atoms with E-state index in [1.54, 1.807) is 12.1 Å². The molecule has 0 bridgehead atoms. The predicted molar refractivity (Wildman–Crippen MR) is 90.7 cm³/mol. The van der Waals surface area contributed by atoms with Crippen LogP contribution >= 0.6 is 0 Å². The summed E-state index contributed by atoms with van der Waals surface area (Å²) in [5, 5.41) is 2.48. The maximum atomic E-state index is 13.6. The molecule has 3 aromatic heterocycles. The largest absolute Gasteiger partial charge is 0.467 e. The van der Waals surface area contributed by atoms with E-state index >= 15 is 0 Å². The molecule has 3 rings (SSSR count). The van der Waals surface area contributed by atoms with E-state index in [4.69, 9.17) is 0 Å². The minimum atomic E-state index is -4.93. The van der Waals surface area contributed by atoms with Crippen molar-refractivity contribution in [1.29, 1.82) is 0 Å². The molecule has 0 aliphatic rings. The van der Waals surface area contributed by atoms with Crippen molar-refractivity contribution >= 4 is 22.7 Å². The van der Waals surface area contributed by atoms with Gasteiger partial charge in [-0.05, 0) is 25.1 Å². The van der Waals surface area contributed by atoms with Crippen molar-refractivity contribution in [3.8, 4) is 11.4 Å². The first-order valence-corrected chi connectivity index (χ1v) is 7.72. The number of halogens is 3. The number of ether oxygens (including phenoxy) is 1. The Morgan fingerprint density at radius 3 is 2.37 bits per heavy atom. The maximum Gasteiger partial charge on any atom is 0.422 e. The molecule has 0 fully saturated rings. The van der Waals surface area contributed by atoms with Gasteiger partial charge in [-0.15, -0.1) is 0 Å². The van der Waals surface area contributed by atoms with Gasteiger partial charge in [0.25, 0.3) is 0 Å². The molecule has 1 N–H and O–H groups in total. The summed E-state index contributed by atoms with van der Waals surface area (Å²) in [6, 6.07) is 4.69. The number of nitrogens with one attached hydrogen (secondary N) is 1. The van der Waals surface area contributed by atoms with Crippen LogP contribution in [0.2, 0.25) is 0 Å². The Hall–Kier alpha value is -3.30. The SMILES string of the molecule is COC(=O)C(C)(Nc1nc(-c2ccncc2)nc2cnccc12)C(F)(F)F. The Balaban J connectivity index is 2.19. The zero-order valence-electron chi connectivity index (χ0n) is 14.3. The van der Waals surface area contributed by atoms with Crippen LogP contribution in [-0.2, 0) is 9.53 Å². The van der Waals surface area contributed by atoms with Gasteiger partial charge in [-0.2, -0.15) is 13.2 Å². The summed E-state index contributed by atoms with van der Waals surface area (Å²) in [4.78, 5) is 28.3. The van der Waals surface area contributed by atoms with E-state index < -0.39 is 17.7 Å². The van der Waals surface area contributed by atoms with Crippen molar-refractivity contribution in [2.24, 2.45) is 0 Å². The highest BCUT2D eigenvalue weighted by molar-refractivity contribution is 5.93. The summed E-state index contributed by atoms with van der Waals surface area (Å²) in [5.74, 6) is -1.49. The fourth-order valence-corrected chi connectivity index (χ4v) is 2.38. The Morgan fingerprint density at radius 2 is 1.74 bits per heavy atom. The number of alkyl halides is 3. The number of methoxy groups -OCH3 is 1. The first kappa shape index (κ1) is 18.5. The lowest BCUT2D eigenvalue weighted by Crippen LogP contribution is -2.56. The summed E-state index contributed by atoms with van der Waals surface area (Å²) in [5.41, 5.74) is -2.14. The number of nitrogens with zero attached hydrogens (tertiary/aromatic N) is 4. The van der Waals surface area contributed by atoms with Gasteiger partial charge in [0, 0.05) is 29.5 Å². The summed E-state index contributed by atoms with van der Waals surface area (Å²) in [6.45, 7) is 0.695. The van der Waals surface area contributed by atoms with Crippen molar-refractivity contribution in [3.05, 3.63) is 43.0 Å². The molecule has 0 radical (unpaired) electrons. The number of rotatable bonds is 4. The first-order valence-electron chi connectivity index (χ1n) is 7.72. The number of anilines is 1. The Bertz CT molecular complexity index is 981. The lowest BCUT2D eigenvalue weighted by molar-refractivity contribution is -0.195. The lowest BCUT2D eigenvalue weighted by atomic mass is 10.0. The number of hydrogen-bond acceptors (Lipinski definition) is 7. The number of carbonyl (C=O) groups excluding carboxylic acids is 1. The smallest absolute Gasteiger partial charge is 0.422 e. The van der Waals surface area contributed by atoms with Crippen LogP contribution in [0.5, 0.6) is 0 Å². The fraction of sp³-hybridized carbons (Fsp3) is 0.235. The van der Waals surface area contributed by atoms with Crippen LogP contribution in [0.1, 0.15) is 6.92 Å². The third-order valence-electron chi connectivity index (χ3n) is 3.97. The average molecular weight is 377 g/mol. The van der Waals surface area contributed by atoms with Crippen LogP contribution in [0.3, 0.4) is 0 Å². The van der Waals surface area contributed by atoms with Crippen LogP contribution in [0.25, 0.3) is 22.3 Å². The van der Waals surface area contributed by atoms with E-state index in [-0.39, 0.29) is 17.0 Å².